The van der Waals surface area contributed by atoms with E-state index in [2.05, 4.69) is 0 Å². The van der Waals surface area contributed by atoms with Crippen molar-refractivity contribution in [3.05, 3.63) is 59.2 Å². The lowest BCUT2D eigenvalue weighted by molar-refractivity contribution is 0.470. The molecule has 0 fully saturated rings. The lowest BCUT2D eigenvalue weighted by Gasteiger charge is -2.20. The Morgan fingerprint density at radius 2 is 1.38 bits per heavy atom. The van der Waals surface area contributed by atoms with E-state index >= 15 is 0 Å². The maximum absolute atomic E-state index is 9.53. The van der Waals surface area contributed by atoms with E-state index in [9.17, 15) is 10.2 Å². The average Bonchev–Trinajstić information content (AvgIpc) is 2.45. The summed E-state index contributed by atoms with van der Waals surface area (Å²) in [5, 5.41) is 18.8. The lowest BCUT2D eigenvalue weighted by atomic mass is 9.95. The number of aryl methyl sites for hydroxylation is 1. The van der Waals surface area contributed by atoms with Crippen molar-refractivity contribution >= 4 is 0 Å². The van der Waals surface area contributed by atoms with Crippen molar-refractivity contribution in [3.8, 4) is 11.5 Å². The van der Waals surface area contributed by atoms with Gasteiger partial charge in [0.2, 0.25) is 0 Å². The van der Waals surface area contributed by atoms with E-state index in [-0.39, 0.29) is 17.8 Å². The van der Waals surface area contributed by atoms with Crippen LogP contribution in [0.1, 0.15) is 16.7 Å². The lowest BCUT2D eigenvalue weighted by Crippen LogP contribution is -2.44. The second-order valence-electron chi connectivity index (χ2n) is 5.52. The first-order valence-electron chi connectivity index (χ1n) is 7.03. The molecule has 0 spiro atoms. The van der Waals surface area contributed by atoms with Crippen LogP contribution >= 0.6 is 0 Å². The quantitative estimate of drug-likeness (QED) is 0.675. The van der Waals surface area contributed by atoms with Gasteiger partial charge in [-0.25, -0.2) is 0 Å². The molecule has 0 aliphatic rings. The van der Waals surface area contributed by atoms with E-state index in [1.807, 2.05) is 31.2 Å². The molecule has 0 saturated heterocycles. The van der Waals surface area contributed by atoms with Gasteiger partial charge >= 0.3 is 0 Å². The Labute approximate surface area is 125 Å². The maximum Gasteiger partial charge on any atom is 0.118 e. The van der Waals surface area contributed by atoms with Gasteiger partial charge in [-0.15, -0.1) is 0 Å². The Kier molecular flexibility index (Phi) is 4.83. The van der Waals surface area contributed by atoms with Gasteiger partial charge in [-0.1, -0.05) is 24.3 Å². The molecule has 2 atom stereocenters. The standard InChI is InChI=1S/C17H22N2O2/c1-11-8-13(4-7-17(11)21)10-16(19)15(18)9-12-2-5-14(20)6-3-12/h2-8,15-16,20-21H,9-10,18-19H2,1H3. The number of rotatable bonds is 5. The van der Waals surface area contributed by atoms with E-state index in [0.29, 0.717) is 18.6 Å². The second-order valence-corrected chi connectivity index (χ2v) is 5.52. The van der Waals surface area contributed by atoms with E-state index in [1.54, 1.807) is 18.2 Å². The van der Waals surface area contributed by atoms with Crippen LogP contribution in [0.15, 0.2) is 42.5 Å². The molecule has 2 rings (SSSR count). The van der Waals surface area contributed by atoms with Gasteiger partial charge in [0.25, 0.3) is 0 Å². The van der Waals surface area contributed by atoms with E-state index in [1.165, 1.54) is 0 Å². The van der Waals surface area contributed by atoms with Gasteiger partial charge in [-0.05, 0) is 54.7 Å². The molecule has 6 N–H and O–H groups in total. The van der Waals surface area contributed by atoms with Gasteiger partial charge in [0.05, 0.1) is 0 Å². The highest BCUT2D eigenvalue weighted by Crippen LogP contribution is 2.18. The number of phenolic OH excluding ortho intramolecular Hbond substituents is 2. The molecule has 0 aliphatic carbocycles. The predicted octanol–water partition coefficient (Wildman–Crippen LogP) is 1.85. The summed E-state index contributed by atoms with van der Waals surface area (Å²) in [7, 11) is 0. The third-order valence-corrected chi connectivity index (χ3v) is 3.69. The van der Waals surface area contributed by atoms with Gasteiger partial charge in [0.15, 0.2) is 0 Å². The van der Waals surface area contributed by atoms with Crippen LogP contribution in [-0.2, 0) is 12.8 Å². The molecule has 4 nitrogen and oxygen atoms in total. The molecule has 0 radical (unpaired) electrons. The van der Waals surface area contributed by atoms with Crippen LogP contribution in [0.3, 0.4) is 0 Å². The molecule has 112 valence electrons. The Morgan fingerprint density at radius 1 is 0.857 bits per heavy atom. The molecular formula is C17H22N2O2. The molecule has 21 heavy (non-hydrogen) atoms. The van der Waals surface area contributed by atoms with Crippen LogP contribution in [-0.4, -0.2) is 22.3 Å². The van der Waals surface area contributed by atoms with Crippen LogP contribution in [0.5, 0.6) is 11.5 Å². The molecule has 0 saturated carbocycles. The van der Waals surface area contributed by atoms with Crippen LogP contribution < -0.4 is 11.5 Å². The second kappa shape index (κ2) is 6.61. The monoisotopic (exact) mass is 286 g/mol. The first-order valence-corrected chi connectivity index (χ1v) is 7.03. The molecule has 0 aliphatic heterocycles. The number of benzene rings is 2. The van der Waals surface area contributed by atoms with Crippen molar-refractivity contribution in [1.29, 1.82) is 0 Å². The normalized spacial score (nSPS) is 13.9. The SMILES string of the molecule is Cc1cc(CC(N)C(N)Cc2ccc(O)cc2)ccc1O. The maximum atomic E-state index is 9.53. The number of hydrogen-bond donors (Lipinski definition) is 4. The highest BCUT2D eigenvalue weighted by molar-refractivity contribution is 5.35. The zero-order valence-electron chi connectivity index (χ0n) is 12.2. The van der Waals surface area contributed by atoms with Crippen LogP contribution in [0.2, 0.25) is 0 Å². The molecule has 0 amide bonds. The average molecular weight is 286 g/mol. The summed E-state index contributed by atoms with van der Waals surface area (Å²) in [5.74, 6) is 0.539. The fourth-order valence-electron chi connectivity index (χ4n) is 2.32. The topological polar surface area (TPSA) is 92.5 Å². The van der Waals surface area contributed by atoms with E-state index < -0.39 is 0 Å². The molecule has 2 aromatic carbocycles. The minimum atomic E-state index is -0.164. The third kappa shape index (κ3) is 4.21. The van der Waals surface area contributed by atoms with Crippen molar-refractivity contribution in [1.82, 2.24) is 0 Å². The number of hydrogen-bond acceptors (Lipinski definition) is 4. The van der Waals surface area contributed by atoms with Crippen LogP contribution in [0.25, 0.3) is 0 Å². The van der Waals surface area contributed by atoms with Crippen molar-refractivity contribution in [2.45, 2.75) is 31.8 Å². The smallest absolute Gasteiger partial charge is 0.118 e. The minimum Gasteiger partial charge on any atom is -0.508 e. The molecule has 4 heteroatoms. The summed E-state index contributed by atoms with van der Waals surface area (Å²) in [6.07, 6.45) is 1.33. The molecule has 0 aromatic heterocycles. The molecule has 2 aromatic rings. The fraction of sp³-hybridized carbons (Fsp3) is 0.294. The van der Waals surface area contributed by atoms with E-state index in [4.69, 9.17) is 11.5 Å². The highest BCUT2D eigenvalue weighted by atomic mass is 16.3. The zero-order chi connectivity index (χ0) is 15.4. The Balaban J connectivity index is 1.97. The molecular weight excluding hydrogens is 264 g/mol. The summed E-state index contributed by atoms with van der Waals surface area (Å²) < 4.78 is 0. The first kappa shape index (κ1) is 15.4. The van der Waals surface area contributed by atoms with E-state index in [0.717, 1.165) is 16.7 Å². The van der Waals surface area contributed by atoms with Gasteiger partial charge < -0.3 is 21.7 Å². The van der Waals surface area contributed by atoms with Gasteiger partial charge in [0.1, 0.15) is 11.5 Å². The highest BCUT2D eigenvalue weighted by Gasteiger charge is 2.15. The summed E-state index contributed by atoms with van der Waals surface area (Å²) in [6, 6.07) is 12.2. The zero-order valence-corrected chi connectivity index (χ0v) is 12.2. The van der Waals surface area contributed by atoms with Crippen molar-refractivity contribution in [2.24, 2.45) is 11.5 Å². The van der Waals surface area contributed by atoms with Crippen LogP contribution in [0, 0.1) is 6.92 Å². The number of phenols is 2. The van der Waals surface area contributed by atoms with Gasteiger partial charge in [-0.3, -0.25) is 0 Å². The predicted molar refractivity (Wildman–Crippen MR) is 84.3 cm³/mol. The van der Waals surface area contributed by atoms with Crippen molar-refractivity contribution in [3.63, 3.8) is 0 Å². The summed E-state index contributed by atoms with van der Waals surface area (Å²) >= 11 is 0. The Bertz CT molecular complexity index is 596. The minimum absolute atomic E-state index is 0.163. The van der Waals surface area contributed by atoms with Crippen molar-refractivity contribution in [2.75, 3.05) is 0 Å². The van der Waals surface area contributed by atoms with Crippen molar-refractivity contribution < 1.29 is 10.2 Å². The third-order valence-electron chi connectivity index (χ3n) is 3.69. The molecule has 0 bridgehead atoms. The molecule has 0 heterocycles. The largest absolute Gasteiger partial charge is 0.508 e. The first-order chi connectivity index (χ1) is 9.95. The van der Waals surface area contributed by atoms with Gasteiger partial charge in [0, 0.05) is 12.1 Å². The summed E-state index contributed by atoms with van der Waals surface area (Å²) in [4.78, 5) is 0. The number of aromatic hydroxyl groups is 2. The number of nitrogens with two attached hydrogens (primary N) is 2. The summed E-state index contributed by atoms with van der Waals surface area (Å²) in [5.41, 5.74) is 15.3. The Morgan fingerprint density at radius 3 is 1.95 bits per heavy atom. The Hall–Kier alpha value is -2.04. The van der Waals surface area contributed by atoms with Crippen LogP contribution in [0.4, 0.5) is 0 Å². The summed E-state index contributed by atoms with van der Waals surface area (Å²) in [6.45, 7) is 1.86. The van der Waals surface area contributed by atoms with Gasteiger partial charge in [-0.2, -0.15) is 0 Å². The fourth-order valence-corrected chi connectivity index (χ4v) is 2.32. The molecule has 2 unspecified atom stereocenters.